The average molecular weight is 137 g/mol. The summed E-state index contributed by atoms with van der Waals surface area (Å²) < 4.78 is 1.67. The second-order valence-corrected chi connectivity index (χ2v) is 2.50. The standard InChI is InChI=1S/C6H7N3O/c1-4-2-5(10)6-7-3-8-9(4)6/h3-4H,2H2,1H3/t4-/m0/s1. The summed E-state index contributed by atoms with van der Waals surface area (Å²) in [6.45, 7) is 1.96. The van der Waals surface area contributed by atoms with Gasteiger partial charge in [-0.25, -0.2) is 9.67 Å². The Kier molecular flexibility index (Phi) is 0.922. The summed E-state index contributed by atoms with van der Waals surface area (Å²) in [5.41, 5.74) is 0. The maximum absolute atomic E-state index is 11.0. The largest absolute Gasteiger partial charge is 0.291 e. The number of hydrogen-bond acceptors (Lipinski definition) is 3. The van der Waals surface area contributed by atoms with Gasteiger partial charge >= 0.3 is 0 Å². The zero-order valence-corrected chi connectivity index (χ0v) is 5.61. The highest BCUT2D eigenvalue weighted by atomic mass is 16.1. The van der Waals surface area contributed by atoms with Gasteiger partial charge < -0.3 is 0 Å². The molecule has 4 nitrogen and oxygen atoms in total. The van der Waals surface area contributed by atoms with Crippen LogP contribution in [0.2, 0.25) is 0 Å². The van der Waals surface area contributed by atoms with Gasteiger partial charge in [0.15, 0.2) is 5.82 Å². The van der Waals surface area contributed by atoms with E-state index in [4.69, 9.17) is 0 Å². The number of carbonyl (C=O) groups excluding carboxylic acids is 1. The van der Waals surface area contributed by atoms with Crippen LogP contribution in [0.25, 0.3) is 0 Å². The van der Waals surface area contributed by atoms with Crippen molar-refractivity contribution in [1.82, 2.24) is 14.8 Å². The van der Waals surface area contributed by atoms with E-state index in [1.807, 2.05) is 6.92 Å². The van der Waals surface area contributed by atoms with Crippen molar-refractivity contribution < 1.29 is 4.79 Å². The minimum absolute atomic E-state index is 0.102. The molecule has 0 saturated heterocycles. The van der Waals surface area contributed by atoms with Crippen molar-refractivity contribution in [2.75, 3.05) is 0 Å². The van der Waals surface area contributed by atoms with Gasteiger partial charge in [-0.2, -0.15) is 5.10 Å². The van der Waals surface area contributed by atoms with Gasteiger partial charge in [0.2, 0.25) is 5.78 Å². The Balaban J connectivity index is 2.58. The molecule has 0 fully saturated rings. The molecule has 0 amide bonds. The lowest BCUT2D eigenvalue weighted by molar-refractivity contribution is 0.0986. The summed E-state index contributed by atoms with van der Waals surface area (Å²) in [4.78, 5) is 14.8. The number of Topliss-reactive ketones (excluding diaryl/α,β-unsaturated/α-hetero) is 1. The van der Waals surface area contributed by atoms with Crippen molar-refractivity contribution in [1.29, 1.82) is 0 Å². The summed E-state index contributed by atoms with van der Waals surface area (Å²) in [6.07, 6.45) is 1.97. The van der Waals surface area contributed by atoms with Crippen LogP contribution in [0, 0.1) is 0 Å². The first-order chi connectivity index (χ1) is 4.79. The zero-order chi connectivity index (χ0) is 7.14. The molecule has 1 aromatic rings. The van der Waals surface area contributed by atoms with Crippen LogP contribution in [0.15, 0.2) is 6.33 Å². The van der Waals surface area contributed by atoms with Gasteiger partial charge in [-0.15, -0.1) is 0 Å². The number of nitrogens with zero attached hydrogens (tertiary/aromatic N) is 3. The van der Waals surface area contributed by atoms with E-state index in [2.05, 4.69) is 10.1 Å². The Hall–Kier alpha value is -1.19. The average Bonchev–Trinajstić information content (AvgIpc) is 2.39. The fourth-order valence-corrected chi connectivity index (χ4v) is 1.22. The maximum atomic E-state index is 11.0. The highest BCUT2D eigenvalue weighted by Crippen LogP contribution is 2.21. The minimum Gasteiger partial charge on any atom is -0.291 e. The SMILES string of the molecule is C[C@H]1CC(=O)c2ncnn21. The molecule has 0 radical (unpaired) electrons. The summed E-state index contributed by atoms with van der Waals surface area (Å²) in [6, 6.07) is 0.199. The molecule has 0 bridgehead atoms. The summed E-state index contributed by atoms with van der Waals surface area (Å²) in [7, 11) is 0. The van der Waals surface area contributed by atoms with Gasteiger partial charge in [0.05, 0.1) is 6.04 Å². The van der Waals surface area contributed by atoms with E-state index >= 15 is 0 Å². The fourth-order valence-electron chi connectivity index (χ4n) is 1.22. The lowest BCUT2D eigenvalue weighted by Gasteiger charge is -1.98. The minimum atomic E-state index is 0.102. The molecule has 10 heavy (non-hydrogen) atoms. The molecule has 2 rings (SSSR count). The highest BCUT2D eigenvalue weighted by Gasteiger charge is 2.27. The molecule has 0 unspecified atom stereocenters. The second kappa shape index (κ2) is 1.65. The number of ketones is 1. The van der Waals surface area contributed by atoms with Crippen molar-refractivity contribution in [3.8, 4) is 0 Å². The van der Waals surface area contributed by atoms with E-state index in [1.54, 1.807) is 4.68 Å². The first kappa shape index (κ1) is 5.58. The predicted octanol–water partition coefficient (Wildman–Crippen LogP) is 0.425. The third kappa shape index (κ3) is 0.531. The lowest BCUT2D eigenvalue weighted by atomic mass is 10.2. The molecule has 1 aliphatic heterocycles. The van der Waals surface area contributed by atoms with Gasteiger partial charge in [-0.3, -0.25) is 4.79 Å². The van der Waals surface area contributed by atoms with Crippen molar-refractivity contribution in [3.05, 3.63) is 12.2 Å². The molecule has 1 atom stereocenters. The maximum Gasteiger partial charge on any atom is 0.201 e. The molecule has 0 spiro atoms. The third-order valence-electron chi connectivity index (χ3n) is 1.72. The van der Waals surface area contributed by atoms with Crippen LogP contribution in [0.5, 0.6) is 0 Å². The molecule has 52 valence electrons. The topological polar surface area (TPSA) is 47.8 Å². The molecular formula is C6H7N3O. The van der Waals surface area contributed by atoms with Crippen LogP contribution in [0.1, 0.15) is 30.0 Å². The van der Waals surface area contributed by atoms with Gasteiger partial charge in [0, 0.05) is 6.42 Å². The lowest BCUT2D eigenvalue weighted by Crippen LogP contribution is -1.99. The van der Waals surface area contributed by atoms with Crippen LogP contribution in [-0.4, -0.2) is 20.5 Å². The molecule has 2 heterocycles. The Morgan fingerprint density at radius 2 is 2.60 bits per heavy atom. The highest BCUT2D eigenvalue weighted by molar-refractivity contribution is 5.94. The Morgan fingerprint density at radius 1 is 1.80 bits per heavy atom. The van der Waals surface area contributed by atoms with Crippen molar-refractivity contribution in [3.63, 3.8) is 0 Å². The zero-order valence-electron chi connectivity index (χ0n) is 5.61. The molecule has 1 aliphatic rings. The Labute approximate surface area is 57.9 Å². The molecule has 0 aromatic carbocycles. The van der Waals surface area contributed by atoms with Gasteiger partial charge in [-0.1, -0.05) is 0 Å². The molecule has 0 saturated carbocycles. The van der Waals surface area contributed by atoms with Crippen molar-refractivity contribution in [2.45, 2.75) is 19.4 Å². The predicted molar refractivity (Wildman–Crippen MR) is 33.7 cm³/mol. The molecule has 4 heteroatoms. The molecule has 1 aromatic heterocycles. The normalized spacial score (nSPS) is 23.3. The van der Waals surface area contributed by atoms with Crippen LogP contribution >= 0.6 is 0 Å². The van der Waals surface area contributed by atoms with Gasteiger partial charge in [0.25, 0.3) is 0 Å². The Bertz CT molecular complexity index is 278. The van der Waals surface area contributed by atoms with E-state index in [0.29, 0.717) is 12.2 Å². The molecular weight excluding hydrogens is 130 g/mol. The van der Waals surface area contributed by atoms with E-state index in [9.17, 15) is 4.79 Å². The third-order valence-corrected chi connectivity index (χ3v) is 1.72. The van der Waals surface area contributed by atoms with E-state index in [0.717, 1.165) is 0 Å². The van der Waals surface area contributed by atoms with Crippen molar-refractivity contribution in [2.24, 2.45) is 0 Å². The number of rotatable bonds is 0. The number of aromatic nitrogens is 3. The fraction of sp³-hybridized carbons (Fsp3) is 0.500. The van der Waals surface area contributed by atoms with E-state index in [1.165, 1.54) is 6.33 Å². The Morgan fingerprint density at radius 3 is 3.30 bits per heavy atom. The summed E-state index contributed by atoms with van der Waals surface area (Å²) in [5.74, 6) is 0.609. The van der Waals surface area contributed by atoms with Crippen LogP contribution in [-0.2, 0) is 0 Å². The summed E-state index contributed by atoms with van der Waals surface area (Å²) in [5, 5.41) is 3.91. The number of hydrogen-bond donors (Lipinski definition) is 0. The second-order valence-electron chi connectivity index (χ2n) is 2.50. The van der Waals surface area contributed by atoms with E-state index in [-0.39, 0.29) is 11.8 Å². The van der Waals surface area contributed by atoms with Gasteiger partial charge in [-0.05, 0) is 6.92 Å². The molecule has 0 aliphatic carbocycles. The van der Waals surface area contributed by atoms with Crippen molar-refractivity contribution >= 4 is 5.78 Å². The van der Waals surface area contributed by atoms with Gasteiger partial charge in [0.1, 0.15) is 6.33 Å². The first-order valence-corrected chi connectivity index (χ1v) is 3.22. The number of fused-ring (bicyclic) bond motifs is 1. The number of carbonyl (C=O) groups is 1. The first-order valence-electron chi connectivity index (χ1n) is 3.22. The van der Waals surface area contributed by atoms with E-state index < -0.39 is 0 Å². The van der Waals surface area contributed by atoms with Crippen LogP contribution in [0.4, 0.5) is 0 Å². The monoisotopic (exact) mass is 137 g/mol. The quantitative estimate of drug-likeness (QED) is 0.520. The van der Waals surface area contributed by atoms with Crippen LogP contribution in [0.3, 0.4) is 0 Å². The smallest absolute Gasteiger partial charge is 0.201 e. The van der Waals surface area contributed by atoms with Crippen LogP contribution < -0.4 is 0 Å². The summed E-state index contributed by atoms with van der Waals surface area (Å²) >= 11 is 0. The molecule has 0 N–H and O–H groups in total.